The fourth-order valence-electron chi connectivity index (χ4n) is 1.51. The second-order valence-corrected chi connectivity index (χ2v) is 3.88. The van der Waals surface area contributed by atoms with Gasteiger partial charge in [-0.05, 0) is 19.1 Å². The van der Waals surface area contributed by atoms with E-state index in [9.17, 15) is 14.9 Å². The highest BCUT2D eigenvalue weighted by molar-refractivity contribution is 6.01. The molecule has 1 aromatic heterocycles. The molecule has 1 aromatic carbocycles. The van der Waals surface area contributed by atoms with E-state index in [0.717, 1.165) is 0 Å². The summed E-state index contributed by atoms with van der Waals surface area (Å²) in [6.45, 7) is 1.70. The minimum atomic E-state index is -0.504. The van der Waals surface area contributed by atoms with E-state index in [4.69, 9.17) is 0 Å². The van der Waals surface area contributed by atoms with Crippen LogP contribution < -0.4 is 5.32 Å². The van der Waals surface area contributed by atoms with Gasteiger partial charge in [0.05, 0.1) is 10.5 Å². The van der Waals surface area contributed by atoms with Crippen LogP contribution in [-0.2, 0) is 4.79 Å². The van der Waals surface area contributed by atoms with Gasteiger partial charge in [-0.1, -0.05) is 12.1 Å². The number of aromatic amines is 1. The average molecular weight is 273 g/mol. The summed E-state index contributed by atoms with van der Waals surface area (Å²) >= 11 is 0. The van der Waals surface area contributed by atoms with E-state index in [-0.39, 0.29) is 11.6 Å². The van der Waals surface area contributed by atoms with E-state index >= 15 is 0 Å². The Balaban J connectivity index is 2.09. The summed E-state index contributed by atoms with van der Waals surface area (Å²) in [5.41, 5.74) is 0.282. The molecule has 1 amide bonds. The number of amides is 1. The molecule has 8 nitrogen and oxygen atoms in total. The van der Waals surface area contributed by atoms with Gasteiger partial charge in [-0.2, -0.15) is 4.98 Å². The van der Waals surface area contributed by atoms with Gasteiger partial charge in [0.25, 0.3) is 11.6 Å². The predicted molar refractivity (Wildman–Crippen MR) is 71.9 cm³/mol. The van der Waals surface area contributed by atoms with Gasteiger partial charge < -0.3 is 0 Å². The molecule has 0 spiro atoms. The quantitative estimate of drug-likeness (QED) is 0.499. The standard InChI is InChI=1S/C12H11N5O3/c1-8-13-12(16-15-8)14-11(18)7-6-9-4-2-3-5-10(9)17(19)20/h2-7H,1H3,(H2,13,14,15,16,18)/b7-6-. The smallest absolute Gasteiger partial charge is 0.276 e. The van der Waals surface area contributed by atoms with Gasteiger partial charge in [-0.25, -0.2) is 0 Å². The number of carbonyl (C=O) groups excluding carboxylic acids is 1. The minimum Gasteiger partial charge on any atom is -0.290 e. The summed E-state index contributed by atoms with van der Waals surface area (Å²) in [6, 6.07) is 6.14. The van der Waals surface area contributed by atoms with E-state index < -0.39 is 10.8 Å². The summed E-state index contributed by atoms with van der Waals surface area (Å²) in [5, 5.41) is 19.6. The fraction of sp³-hybridized carbons (Fsp3) is 0.0833. The Labute approximate surface area is 113 Å². The van der Waals surface area contributed by atoms with Gasteiger partial charge >= 0.3 is 0 Å². The highest BCUT2D eigenvalue weighted by atomic mass is 16.6. The molecule has 102 valence electrons. The molecule has 0 atom stereocenters. The van der Waals surface area contributed by atoms with Crippen LogP contribution in [0.1, 0.15) is 11.4 Å². The monoisotopic (exact) mass is 273 g/mol. The summed E-state index contributed by atoms with van der Waals surface area (Å²) in [7, 11) is 0. The third kappa shape index (κ3) is 3.25. The summed E-state index contributed by atoms with van der Waals surface area (Å²) in [6.07, 6.45) is 2.56. The fourth-order valence-corrected chi connectivity index (χ4v) is 1.51. The lowest BCUT2D eigenvalue weighted by Crippen LogP contribution is -2.09. The number of rotatable bonds is 4. The van der Waals surface area contributed by atoms with Crippen molar-refractivity contribution in [3.63, 3.8) is 0 Å². The predicted octanol–water partition coefficient (Wildman–Crippen LogP) is 1.67. The van der Waals surface area contributed by atoms with Gasteiger partial charge in [0.2, 0.25) is 5.95 Å². The van der Waals surface area contributed by atoms with Crippen molar-refractivity contribution in [3.05, 3.63) is 51.8 Å². The molecule has 1 heterocycles. The van der Waals surface area contributed by atoms with Crippen LogP contribution in [0, 0.1) is 17.0 Å². The van der Waals surface area contributed by atoms with Crippen molar-refractivity contribution in [2.24, 2.45) is 0 Å². The van der Waals surface area contributed by atoms with Crippen molar-refractivity contribution in [1.29, 1.82) is 0 Å². The molecule has 0 unspecified atom stereocenters. The normalized spacial score (nSPS) is 10.7. The van der Waals surface area contributed by atoms with Crippen molar-refractivity contribution in [1.82, 2.24) is 15.2 Å². The van der Waals surface area contributed by atoms with Gasteiger partial charge in [-0.3, -0.25) is 25.3 Å². The number of nitro benzene ring substituents is 1. The number of anilines is 1. The van der Waals surface area contributed by atoms with E-state index in [1.165, 1.54) is 18.2 Å². The zero-order valence-corrected chi connectivity index (χ0v) is 10.5. The van der Waals surface area contributed by atoms with Gasteiger partial charge in [0.15, 0.2) is 0 Å². The van der Waals surface area contributed by atoms with Crippen LogP contribution in [0.2, 0.25) is 0 Å². The number of benzene rings is 1. The summed E-state index contributed by atoms with van der Waals surface area (Å²) in [5.74, 6) is 0.254. The van der Waals surface area contributed by atoms with E-state index in [2.05, 4.69) is 20.5 Å². The zero-order chi connectivity index (χ0) is 14.5. The number of para-hydroxylation sites is 1. The number of hydrogen-bond acceptors (Lipinski definition) is 5. The molecule has 0 saturated heterocycles. The van der Waals surface area contributed by atoms with E-state index in [1.807, 2.05) is 0 Å². The number of nitrogens with zero attached hydrogens (tertiary/aromatic N) is 3. The highest BCUT2D eigenvalue weighted by Crippen LogP contribution is 2.18. The Morgan fingerprint density at radius 3 is 2.85 bits per heavy atom. The SMILES string of the molecule is Cc1nc(NC(=O)/C=C\c2ccccc2[N+](=O)[O-])n[nH]1. The van der Waals surface area contributed by atoms with Crippen LogP contribution in [0.15, 0.2) is 30.3 Å². The summed E-state index contributed by atoms with van der Waals surface area (Å²) < 4.78 is 0. The molecule has 20 heavy (non-hydrogen) atoms. The molecule has 0 aliphatic rings. The number of H-pyrrole nitrogens is 1. The van der Waals surface area contributed by atoms with Gasteiger partial charge in [0.1, 0.15) is 5.82 Å². The first-order valence-electron chi connectivity index (χ1n) is 5.68. The Bertz CT molecular complexity index is 677. The lowest BCUT2D eigenvalue weighted by atomic mass is 10.1. The van der Waals surface area contributed by atoms with Gasteiger partial charge in [0, 0.05) is 12.1 Å². The number of aromatic nitrogens is 3. The van der Waals surface area contributed by atoms with Crippen LogP contribution in [0.25, 0.3) is 6.08 Å². The van der Waals surface area contributed by atoms with Crippen molar-refractivity contribution in [3.8, 4) is 0 Å². The van der Waals surface area contributed by atoms with E-state index in [1.54, 1.807) is 25.1 Å². The zero-order valence-electron chi connectivity index (χ0n) is 10.5. The lowest BCUT2D eigenvalue weighted by Gasteiger charge is -1.97. The molecule has 2 aromatic rings. The lowest BCUT2D eigenvalue weighted by molar-refractivity contribution is -0.385. The average Bonchev–Trinajstić information content (AvgIpc) is 2.82. The van der Waals surface area contributed by atoms with Crippen LogP contribution in [-0.4, -0.2) is 26.0 Å². The second kappa shape index (κ2) is 5.74. The Morgan fingerprint density at radius 2 is 2.20 bits per heavy atom. The van der Waals surface area contributed by atoms with Crippen LogP contribution >= 0.6 is 0 Å². The van der Waals surface area contributed by atoms with Crippen molar-refractivity contribution < 1.29 is 9.72 Å². The Kier molecular flexibility index (Phi) is 3.85. The number of nitrogens with one attached hydrogen (secondary N) is 2. The third-order valence-electron chi connectivity index (χ3n) is 2.38. The molecule has 0 radical (unpaired) electrons. The molecule has 8 heteroatoms. The minimum absolute atomic E-state index is 0.0645. The number of aryl methyl sites for hydroxylation is 1. The first-order chi connectivity index (χ1) is 9.56. The van der Waals surface area contributed by atoms with E-state index in [0.29, 0.717) is 11.4 Å². The third-order valence-corrected chi connectivity index (χ3v) is 2.38. The Morgan fingerprint density at radius 1 is 1.45 bits per heavy atom. The molecule has 2 N–H and O–H groups in total. The van der Waals surface area contributed by atoms with Gasteiger partial charge in [-0.15, -0.1) is 5.10 Å². The first-order valence-corrected chi connectivity index (χ1v) is 5.68. The van der Waals surface area contributed by atoms with Crippen molar-refractivity contribution in [2.45, 2.75) is 6.92 Å². The molecule has 0 fully saturated rings. The van der Waals surface area contributed by atoms with Crippen molar-refractivity contribution in [2.75, 3.05) is 5.32 Å². The molecule has 0 saturated carbocycles. The molecular formula is C12H11N5O3. The molecule has 0 aliphatic heterocycles. The highest BCUT2D eigenvalue weighted by Gasteiger charge is 2.10. The largest absolute Gasteiger partial charge is 0.290 e. The number of hydrogen-bond donors (Lipinski definition) is 2. The van der Waals surface area contributed by atoms with Crippen molar-refractivity contribution >= 4 is 23.6 Å². The number of carbonyl (C=O) groups is 1. The maximum absolute atomic E-state index is 11.6. The molecule has 0 aliphatic carbocycles. The maximum Gasteiger partial charge on any atom is 0.276 e. The van der Waals surface area contributed by atoms with Crippen LogP contribution in [0.3, 0.4) is 0 Å². The summed E-state index contributed by atoms with van der Waals surface area (Å²) in [4.78, 5) is 25.8. The molecule has 0 bridgehead atoms. The van der Waals surface area contributed by atoms with Crippen LogP contribution in [0.5, 0.6) is 0 Å². The maximum atomic E-state index is 11.6. The number of nitro groups is 1. The molecule has 2 rings (SSSR count). The van der Waals surface area contributed by atoms with Crippen LogP contribution in [0.4, 0.5) is 11.6 Å². The molecular weight excluding hydrogens is 262 g/mol. The topological polar surface area (TPSA) is 114 Å². The Hall–Kier alpha value is -3.03. The first kappa shape index (κ1) is 13.4. The second-order valence-electron chi connectivity index (χ2n) is 3.88.